The number of aromatic carboxylic acids is 4. The Hall–Kier alpha value is -16.7. The van der Waals surface area contributed by atoms with E-state index in [4.69, 9.17) is 19.7 Å². The van der Waals surface area contributed by atoms with Crippen molar-refractivity contribution >= 4 is 180 Å². The highest BCUT2D eigenvalue weighted by molar-refractivity contribution is 7.18. The van der Waals surface area contributed by atoms with Crippen LogP contribution < -0.4 is 9.47 Å². The zero-order chi connectivity index (χ0) is 104. The van der Waals surface area contributed by atoms with Gasteiger partial charge in [0.15, 0.2) is 0 Å². The second-order valence-electron chi connectivity index (χ2n) is 35.6. The summed E-state index contributed by atoms with van der Waals surface area (Å²) in [6.07, 6.45) is 24.6. The number of aromatic hydroxyl groups is 4. The number of fused-ring (bicyclic) bond motifs is 8. The van der Waals surface area contributed by atoms with E-state index in [1.165, 1.54) is 14.2 Å². The van der Waals surface area contributed by atoms with Crippen molar-refractivity contribution in [2.24, 2.45) is 0 Å². The zero-order valence-electron chi connectivity index (χ0n) is 79.9. The summed E-state index contributed by atoms with van der Waals surface area (Å²) in [5, 5.41) is 128. The fourth-order valence-corrected chi connectivity index (χ4v) is 22.9. The van der Waals surface area contributed by atoms with Crippen LogP contribution >= 0.6 is 45.3 Å². The minimum Gasteiger partial charge on any atom is -0.506 e. The molecule has 0 radical (unpaired) electrons. The van der Waals surface area contributed by atoms with Crippen molar-refractivity contribution in [3.8, 4) is 79.0 Å². The van der Waals surface area contributed by atoms with Gasteiger partial charge in [-0.05, 0) is 167 Å². The van der Waals surface area contributed by atoms with Crippen LogP contribution in [0.2, 0.25) is 0 Å². The first-order valence-corrected chi connectivity index (χ1v) is 50.1. The van der Waals surface area contributed by atoms with Crippen LogP contribution in [0.15, 0.2) is 224 Å². The summed E-state index contributed by atoms with van der Waals surface area (Å²) in [5.41, 5.74) is 18.7. The average molecular weight is 2050 g/mol. The molecule has 0 aliphatic heterocycles. The molecular formula is C113H98N8O22S4. The number of carbonyl (C=O) groups excluding carboxylic acids is 4. The van der Waals surface area contributed by atoms with Gasteiger partial charge in [0.1, 0.15) is 73.5 Å². The van der Waals surface area contributed by atoms with Crippen LogP contribution in [-0.4, -0.2) is 189 Å². The third-order valence-corrected chi connectivity index (χ3v) is 31.1. The lowest BCUT2D eigenvalue weighted by molar-refractivity contribution is 0.0691. The molecule has 746 valence electrons. The smallest absolute Gasteiger partial charge is 0.346 e. The molecule has 8 aromatic carbocycles. The zero-order valence-corrected chi connectivity index (χ0v) is 83.1. The number of carboxylic acid groups (broad SMARTS) is 4. The average Bonchev–Trinajstić information content (AvgIpc) is 1.57. The topological polar surface area (TPSA) is 524 Å². The number of aromatic nitrogens is 8. The highest BCUT2D eigenvalue weighted by Gasteiger charge is 2.39. The van der Waals surface area contributed by atoms with E-state index in [0.29, 0.717) is 103 Å². The van der Waals surface area contributed by atoms with Crippen molar-refractivity contribution in [2.75, 3.05) is 40.6 Å². The third-order valence-electron chi connectivity index (χ3n) is 26.4. The molecule has 20 aromatic rings. The second-order valence-corrected chi connectivity index (χ2v) is 39.7. The minimum atomic E-state index is -1.24. The number of H-pyrrole nitrogens is 8. The van der Waals surface area contributed by atoms with Crippen molar-refractivity contribution in [3.63, 3.8) is 0 Å². The highest BCUT2D eigenvalue weighted by atomic mass is 32.1. The first kappa shape index (κ1) is 100. The Morgan fingerprint density at radius 2 is 0.748 bits per heavy atom. The Kier molecular flexibility index (Phi) is 28.9. The van der Waals surface area contributed by atoms with Gasteiger partial charge in [0.25, 0.3) is 0 Å². The van der Waals surface area contributed by atoms with Crippen LogP contribution in [-0.2, 0) is 25.7 Å². The Balaban J connectivity index is 0.000000128. The van der Waals surface area contributed by atoms with Gasteiger partial charge in [-0.2, -0.15) is 0 Å². The van der Waals surface area contributed by atoms with Crippen molar-refractivity contribution in [1.82, 2.24) is 39.9 Å². The van der Waals surface area contributed by atoms with E-state index in [9.17, 15) is 89.4 Å². The number of hydrogen-bond acceptors (Lipinski definition) is 22. The largest absolute Gasteiger partial charge is 0.506 e. The molecule has 12 heterocycles. The maximum atomic E-state index is 14.0. The third kappa shape index (κ3) is 19.1. The predicted molar refractivity (Wildman–Crippen MR) is 571 cm³/mol. The molecule has 1 aliphatic carbocycles. The number of aryl methyl sites for hydroxylation is 3. The van der Waals surface area contributed by atoms with E-state index in [-0.39, 0.29) is 117 Å². The highest BCUT2D eigenvalue weighted by Crippen LogP contribution is 2.55. The quantitative estimate of drug-likeness (QED) is 0.0106. The summed E-state index contributed by atoms with van der Waals surface area (Å²) in [6, 6.07) is 44.7. The number of nitrogens with one attached hydrogen (secondary N) is 8. The molecule has 0 atom stereocenters. The molecule has 0 saturated heterocycles. The van der Waals surface area contributed by atoms with E-state index < -0.39 is 47.0 Å². The van der Waals surface area contributed by atoms with Gasteiger partial charge < -0.3 is 111 Å². The Bertz CT molecular complexity index is 8770. The minimum absolute atomic E-state index is 0.0103. The lowest BCUT2D eigenvalue weighted by Gasteiger charge is -2.07. The number of methoxy groups -OCH3 is 2. The van der Waals surface area contributed by atoms with Crippen LogP contribution in [0.5, 0.6) is 34.5 Å². The summed E-state index contributed by atoms with van der Waals surface area (Å²) >= 11 is 3.11. The molecule has 0 bridgehead atoms. The number of para-hydroxylation sites is 4. The van der Waals surface area contributed by atoms with Crippen molar-refractivity contribution in [1.29, 1.82) is 0 Å². The summed E-state index contributed by atoms with van der Waals surface area (Å²) in [6.45, 7) is 7.55. The maximum Gasteiger partial charge on any atom is 0.346 e. The van der Waals surface area contributed by atoms with Crippen LogP contribution in [0, 0.1) is 13.8 Å². The second kappa shape index (κ2) is 42.3. The number of hydrogen-bond donors (Lipinski definition) is 20. The Morgan fingerprint density at radius 1 is 0.367 bits per heavy atom. The van der Waals surface area contributed by atoms with E-state index in [1.54, 1.807) is 91.9 Å². The lowest BCUT2D eigenvalue weighted by Crippen LogP contribution is -1.99. The molecule has 1 aliphatic rings. The van der Waals surface area contributed by atoms with Crippen molar-refractivity contribution in [2.45, 2.75) is 85.0 Å². The number of aliphatic hydroxyl groups excluding tert-OH is 4. The molecule has 147 heavy (non-hydrogen) atoms. The molecular weight excluding hydrogens is 1950 g/mol. The van der Waals surface area contributed by atoms with Crippen LogP contribution in [0.1, 0.15) is 184 Å². The van der Waals surface area contributed by atoms with Crippen LogP contribution in [0.25, 0.3) is 132 Å². The molecule has 34 heteroatoms. The van der Waals surface area contributed by atoms with Crippen LogP contribution in [0.4, 0.5) is 0 Å². The summed E-state index contributed by atoms with van der Waals surface area (Å²) in [7, 11) is 3.07. The molecule has 1 saturated carbocycles. The van der Waals surface area contributed by atoms with Gasteiger partial charge in [-0.15, -0.1) is 45.3 Å². The van der Waals surface area contributed by atoms with E-state index in [1.807, 2.05) is 149 Å². The molecule has 0 amide bonds. The summed E-state index contributed by atoms with van der Waals surface area (Å²) in [4.78, 5) is 129. The van der Waals surface area contributed by atoms with Crippen molar-refractivity contribution in [3.05, 3.63) is 325 Å². The summed E-state index contributed by atoms with van der Waals surface area (Å²) in [5.74, 6) is -6.59. The van der Waals surface area contributed by atoms with Gasteiger partial charge in [0.05, 0.1) is 56.3 Å². The van der Waals surface area contributed by atoms with Gasteiger partial charge in [-0.25, -0.2) is 19.2 Å². The number of thiophene rings is 4. The molecule has 30 nitrogen and oxygen atoms in total. The standard InChI is InChI=1S/C31H28N2O5S.C28H24N2O5S.C27H24N2O6S.C27H22N2O6S/c1-15(14-34)7-9-17-10-8-16(2)22-20(13-32-25(17)22)27(35)30-28(36)24(29(39-30)31(37)38)23-19-5-3-4-6-21(19)33-26(23)18-11-12-18;1-14(13-31)7-9-16-10-8-15(2)21-19(12-30-23(16)21)24(32)27-25(33)22(26(36-27)28(34)35)18-11-29-20-6-4-3-5-17(18)20;2*1-35-15-8-9-20-17(11-15)18(12-28-20)21-24(32)26(36-25(21)27(33)34)23(31)19-13-29-22-14(5-2-3-10-30)6-4-7-16(19)22/h3-8,10,13,18,32-34,36H,9,11-12,14H2,1-2H3,(H,37,38);3-8,10-12,29-31,33H,9,13H2,1-2H3,(H,34,35);4,6-9,11-13,28-30,32H,2-3,5,10H2,1H3,(H,33,34);2-4,6-9,11-13,28-30,32H,5,10H2,1H3,(H,33,34)/b15-7-;14-7+;;3-2-. The van der Waals surface area contributed by atoms with E-state index in [2.05, 4.69) is 39.9 Å². The molecule has 21 rings (SSSR count). The number of ketones is 4. The summed E-state index contributed by atoms with van der Waals surface area (Å²) < 4.78 is 10.6. The Morgan fingerprint density at radius 3 is 1.18 bits per heavy atom. The predicted octanol–water partition coefficient (Wildman–Crippen LogP) is 22.9. The number of rotatable bonds is 32. The van der Waals surface area contributed by atoms with E-state index >= 15 is 0 Å². The molecule has 1 fully saturated rings. The number of aromatic amines is 8. The number of allylic oxidation sites excluding steroid dienone is 3. The SMILES string of the molecule is C/C(=C/Cc1ccc(C)c2c(C(=O)c3sc(C(=O)O)c(-c4c(C5CC5)[nH]c5ccccc45)c3O)c[nH]c12)CO.C/C(=C\Cc1ccc(C)c2c(C(=O)c3sc(C(=O)O)c(-c4c[nH]c5ccccc45)c3O)c[nH]c12)CO.COc1ccc2[nH]cc(-c3c(C(=O)O)sc(C(=O)c4c[nH]c5c(C/C=C\CO)cccc45)c3O)c2c1.COc1ccc2[nH]cc(-c3c(C(=O)O)sc(C(=O)c4c[nH]c5c(CCCCO)cccc45)c3O)c2c1. The number of aliphatic hydroxyl groups is 4. The molecule has 0 unspecified atom stereocenters. The molecule has 12 aromatic heterocycles. The monoisotopic (exact) mass is 2050 g/mol. The number of carboxylic acids is 4. The van der Waals surface area contributed by atoms with E-state index in [0.717, 1.165) is 187 Å². The fraction of sp³-hybridized carbons (Fsp3) is 0.168. The Labute approximate surface area is 852 Å². The number of ether oxygens (including phenoxy) is 2. The number of carbonyl (C=O) groups is 8. The normalized spacial score (nSPS) is 12.3. The van der Waals surface area contributed by atoms with Crippen LogP contribution in [0.3, 0.4) is 0 Å². The first-order valence-electron chi connectivity index (χ1n) is 46.8. The van der Waals surface area contributed by atoms with Gasteiger partial charge in [0, 0.05) is 187 Å². The molecule has 0 spiro atoms. The van der Waals surface area contributed by atoms with Gasteiger partial charge >= 0.3 is 23.9 Å². The molecule has 20 N–H and O–H groups in total. The van der Waals surface area contributed by atoms with Gasteiger partial charge in [-0.1, -0.05) is 133 Å². The van der Waals surface area contributed by atoms with Crippen molar-refractivity contribution < 1.29 is 109 Å². The lowest BCUT2D eigenvalue weighted by atomic mass is 9.96. The first-order chi connectivity index (χ1) is 71.0. The maximum absolute atomic E-state index is 14.0. The van der Waals surface area contributed by atoms with Gasteiger partial charge in [0.2, 0.25) is 23.1 Å². The fourth-order valence-electron chi connectivity index (χ4n) is 18.9. The number of benzene rings is 8. The van der Waals surface area contributed by atoms with Gasteiger partial charge in [-0.3, -0.25) is 19.2 Å². The number of unbranched alkanes of at least 4 members (excludes halogenated alkanes) is 1.